The molecular formula is C31H33NO9. The van der Waals surface area contributed by atoms with Crippen molar-refractivity contribution < 1.29 is 43.2 Å². The third kappa shape index (κ3) is 10.2. The molecule has 41 heavy (non-hydrogen) atoms. The number of rotatable bonds is 15. The van der Waals surface area contributed by atoms with Crippen LogP contribution in [0.2, 0.25) is 0 Å². The van der Waals surface area contributed by atoms with Crippen molar-refractivity contribution in [3.05, 3.63) is 108 Å². The van der Waals surface area contributed by atoms with Crippen molar-refractivity contribution in [2.45, 2.75) is 44.8 Å². The van der Waals surface area contributed by atoms with Crippen LogP contribution in [-0.2, 0) is 35.1 Å². The number of esters is 3. The molecule has 0 heterocycles. The first-order valence-corrected chi connectivity index (χ1v) is 13.0. The Bertz CT molecular complexity index is 1270. The van der Waals surface area contributed by atoms with Crippen LogP contribution >= 0.6 is 0 Å². The zero-order valence-corrected chi connectivity index (χ0v) is 22.8. The predicted octanol–water partition coefficient (Wildman–Crippen LogP) is 3.65. The summed E-state index contributed by atoms with van der Waals surface area (Å²) in [6.45, 7) is 4.17. The van der Waals surface area contributed by atoms with Gasteiger partial charge in [0.2, 0.25) is 12.2 Å². The molecule has 10 nitrogen and oxygen atoms in total. The third-order valence-electron chi connectivity index (χ3n) is 5.69. The summed E-state index contributed by atoms with van der Waals surface area (Å²) in [5.41, 5.74) is 1.02. The van der Waals surface area contributed by atoms with Crippen molar-refractivity contribution in [2.75, 3.05) is 13.2 Å². The van der Waals surface area contributed by atoms with E-state index < -0.39 is 42.2 Å². The summed E-state index contributed by atoms with van der Waals surface area (Å²) in [7, 11) is 0. The van der Waals surface area contributed by atoms with Crippen LogP contribution in [0.4, 0.5) is 0 Å². The molecule has 0 unspecified atom stereocenters. The summed E-state index contributed by atoms with van der Waals surface area (Å²) in [4.78, 5) is 51.3. The van der Waals surface area contributed by atoms with Gasteiger partial charge in [-0.1, -0.05) is 80.6 Å². The summed E-state index contributed by atoms with van der Waals surface area (Å²) >= 11 is 0. The van der Waals surface area contributed by atoms with E-state index in [1.807, 2.05) is 44.2 Å². The molecular weight excluding hydrogens is 530 g/mol. The molecule has 0 fully saturated rings. The van der Waals surface area contributed by atoms with Gasteiger partial charge in [-0.2, -0.15) is 0 Å². The molecule has 3 rings (SSSR count). The molecule has 2 N–H and O–H groups in total. The standard InChI is InChI=1S/C31H33NO9/c1-21(2)32-18-25(20-38-19-22-12-6-3-7-13-22)39-31(37)27(41-30(36)24-16-10-5-11-17-24)26(28(33)34)40-29(35)23-14-8-4-9-15-23/h3-17,21,25-27,32H,18-20H2,1-2H3,(H,33,34)/t25-,26-,27-/m1/s1. The first kappa shape index (κ1) is 31.0. The number of nitrogens with one attached hydrogen (secondary N) is 1. The number of ether oxygens (including phenoxy) is 4. The number of carbonyl (C=O) groups is 4. The van der Waals surface area contributed by atoms with Crippen LogP contribution in [0.5, 0.6) is 0 Å². The summed E-state index contributed by atoms with van der Waals surface area (Å²) in [6, 6.07) is 24.7. The summed E-state index contributed by atoms with van der Waals surface area (Å²) in [6.07, 6.45) is -5.18. The normalized spacial score (nSPS) is 13.0. The maximum absolute atomic E-state index is 13.4. The highest BCUT2D eigenvalue weighted by Crippen LogP contribution is 2.16. The van der Waals surface area contributed by atoms with Gasteiger partial charge >= 0.3 is 23.9 Å². The van der Waals surface area contributed by atoms with Gasteiger partial charge in [0.25, 0.3) is 0 Å². The minimum atomic E-state index is -2.19. The topological polar surface area (TPSA) is 137 Å². The molecule has 0 radical (unpaired) electrons. The van der Waals surface area contributed by atoms with E-state index in [0.717, 1.165) is 5.56 Å². The van der Waals surface area contributed by atoms with Crippen molar-refractivity contribution in [1.82, 2.24) is 5.32 Å². The molecule has 0 aromatic heterocycles. The Kier molecular flexibility index (Phi) is 12.0. The quantitative estimate of drug-likeness (QED) is 0.208. The van der Waals surface area contributed by atoms with Crippen LogP contribution in [0.3, 0.4) is 0 Å². The molecule has 3 atom stereocenters. The Morgan fingerprint density at radius 3 is 1.68 bits per heavy atom. The van der Waals surface area contributed by atoms with Gasteiger partial charge in [0, 0.05) is 12.6 Å². The maximum atomic E-state index is 13.4. The van der Waals surface area contributed by atoms with Crippen molar-refractivity contribution >= 4 is 23.9 Å². The van der Waals surface area contributed by atoms with Crippen LogP contribution < -0.4 is 5.32 Å². The van der Waals surface area contributed by atoms with Crippen molar-refractivity contribution in [3.63, 3.8) is 0 Å². The molecule has 0 aliphatic heterocycles. The highest BCUT2D eigenvalue weighted by atomic mass is 16.6. The van der Waals surface area contributed by atoms with Gasteiger partial charge in [0.05, 0.1) is 24.3 Å². The van der Waals surface area contributed by atoms with Crippen LogP contribution in [0.15, 0.2) is 91.0 Å². The van der Waals surface area contributed by atoms with E-state index in [4.69, 9.17) is 18.9 Å². The lowest BCUT2D eigenvalue weighted by atomic mass is 10.1. The number of carboxylic acids is 1. The second kappa shape index (κ2) is 15.9. The molecule has 0 amide bonds. The van der Waals surface area contributed by atoms with E-state index in [9.17, 15) is 24.3 Å². The van der Waals surface area contributed by atoms with E-state index in [2.05, 4.69) is 5.32 Å². The number of hydrogen-bond donors (Lipinski definition) is 2. The Morgan fingerprint density at radius 1 is 0.707 bits per heavy atom. The molecule has 0 spiro atoms. The van der Waals surface area contributed by atoms with Gasteiger partial charge in [-0.3, -0.25) is 0 Å². The molecule has 0 saturated heterocycles. The lowest BCUT2D eigenvalue weighted by Crippen LogP contribution is -2.49. The molecule has 0 saturated carbocycles. The predicted molar refractivity (Wildman–Crippen MR) is 148 cm³/mol. The zero-order valence-electron chi connectivity index (χ0n) is 22.8. The molecule has 0 aliphatic carbocycles. The smallest absolute Gasteiger partial charge is 0.352 e. The molecule has 10 heteroatoms. The monoisotopic (exact) mass is 563 g/mol. The van der Waals surface area contributed by atoms with Gasteiger partial charge in [0.15, 0.2) is 0 Å². The fourth-order valence-corrected chi connectivity index (χ4v) is 3.61. The fourth-order valence-electron chi connectivity index (χ4n) is 3.61. The van der Waals surface area contributed by atoms with Crippen LogP contribution in [0, 0.1) is 0 Å². The third-order valence-corrected chi connectivity index (χ3v) is 5.69. The van der Waals surface area contributed by atoms with E-state index in [0.29, 0.717) is 0 Å². The second-order valence-corrected chi connectivity index (χ2v) is 9.34. The average molecular weight is 564 g/mol. The Morgan fingerprint density at radius 2 is 1.20 bits per heavy atom. The van der Waals surface area contributed by atoms with E-state index in [-0.39, 0.29) is 36.9 Å². The van der Waals surface area contributed by atoms with Gasteiger partial charge < -0.3 is 29.4 Å². The largest absolute Gasteiger partial charge is 0.478 e. The number of carbonyl (C=O) groups excluding carboxylic acids is 3. The highest BCUT2D eigenvalue weighted by Gasteiger charge is 2.43. The Balaban J connectivity index is 1.82. The van der Waals surface area contributed by atoms with Gasteiger partial charge in [-0.15, -0.1) is 0 Å². The minimum Gasteiger partial charge on any atom is -0.478 e. The first-order chi connectivity index (χ1) is 19.7. The lowest BCUT2D eigenvalue weighted by Gasteiger charge is -2.26. The molecule has 0 bridgehead atoms. The number of hydrogen-bond acceptors (Lipinski definition) is 9. The van der Waals surface area contributed by atoms with Gasteiger partial charge in [0.1, 0.15) is 6.10 Å². The van der Waals surface area contributed by atoms with Gasteiger partial charge in [-0.05, 0) is 29.8 Å². The molecule has 0 aliphatic rings. The average Bonchev–Trinajstić information content (AvgIpc) is 2.98. The Labute approximate surface area is 238 Å². The van der Waals surface area contributed by atoms with Crippen molar-refractivity contribution in [3.8, 4) is 0 Å². The lowest BCUT2D eigenvalue weighted by molar-refractivity contribution is -0.176. The van der Waals surface area contributed by atoms with Crippen molar-refractivity contribution in [1.29, 1.82) is 0 Å². The Hall–Kier alpha value is -4.54. The van der Waals surface area contributed by atoms with E-state index >= 15 is 0 Å². The van der Waals surface area contributed by atoms with E-state index in [1.54, 1.807) is 36.4 Å². The summed E-state index contributed by atoms with van der Waals surface area (Å²) < 4.78 is 21.8. The molecule has 3 aromatic rings. The van der Waals surface area contributed by atoms with Crippen LogP contribution in [-0.4, -0.2) is 66.5 Å². The number of benzene rings is 3. The summed E-state index contributed by atoms with van der Waals surface area (Å²) in [5, 5.41) is 13.1. The zero-order chi connectivity index (χ0) is 29.6. The second-order valence-electron chi connectivity index (χ2n) is 9.34. The van der Waals surface area contributed by atoms with E-state index in [1.165, 1.54) is 24.3 Å². The first-order valence-electron chi connectivity index (χ1n) is 13.0. The summed E-state index contributed by atoms with van der Waals surface area (Å²) in [5.74, 6) is -4.92. The molecule has 216 valence electrons. The fraction of sp³-hybridized carbons (Fsp3) is 0.290. The minimum absolute atomic E-state index is 0.0376. The molecule has 3 aromatic carbocycles. The van der Waals surface area contributed by atoms with Crippen molar-refractivity contribution in [2.24, 2.45) is 0 Å². The number of carboxylic acid groups (broad SMARTS) is 1. The van der Waals surface area contributed by atoms with Crippen LogP contribution in [0.1, 0.15) is 40.1 Å². The maximum Gasteiger partial charge on any atom is 0.352 e. The highest BCUT2D eigenvalue weighted by molar-refractivity contribution is 5.95. The number of aliphatic carboxylic acids is 1. The SMILES string of the molecule is CC(C)NC[C@H](COCc1ccccc1)OC(=O)[C@H](OC(=O)c1ccccc1)[C@@H](OC(=O)c1ccccc1)C(=O)O. The van der Waals surface area contributed by atoms with Crippen LogP contribution in [0.25, 0.3) is 0 Å². The van der Waals surface area contributed by atoms with Gasteiger partial charge in [-0.25, -0.2) is 19.2 Å².